The lowest BCUT2D eigenvalue weighted by Crippen LogP contribution is -2.80. The van der Waals surface area contributed by atoms with E-state index in [2.05, 4.69) is 90.0 Å². The van der Waals surface area contributed by atoms with Crippen molar-refractivity contribution < 1.29 is 5.32 Å². The molecule has 0 atom stereocenters. The zero-order valence-corrected chi connectivity index (χ0v) is 15.0. The van der Waals surface area contributed by atoms with Gasteiger partial charge in [0.05, 0.1) is 0 Å². The molecular weight excluding hydrogens is 316 g/mol. The first-order chi connectivity index (χ1) is 12.8. The monoisotopic (exact) mass is 339 g/mol. The summed E-state index contributed by atoms with van der Waals surface area (Å²) < 4.78 is 0. The molecule has 0 saturated heterocycles. The molecule has 128 valence electrons. The summed E-state index contributed by atoms with van der Waals surface area (Å²) in [6, 6.07) is 26.0. The maximum Gasteiger partial charge on any atom is 0.102 e. The highest BCUT2D eigenvalue weighted by molar-refractivity contribution is 5.97. The average molecular weight is 339 g/mol. The number of hydrogen-bond acceptors (Lipinski definition) is 1. The number of aromatic nitrogens is 1. The number of rotatable bonds is 5. The summed E-state index contributed by atoms with van der Waals surface area (Å²) in [4.78, 5) is 4.37. The van der Waals surface area contributed by atoms with Crippen LogP contribution < -0.4 is 5.32 Å². The van der Waals surface area contributed by atoms with Crippen LogP contribution in [0, 0.1) is 6.92 Å². The van der Waals surface area contributed by atoms with Gasteiger partial charge in [-0.2, -0.15) is 0 Å². The van der Waals surface area contributed by atoms with Gasteiger partial charge >= 0.3 is 0 Å². The number of benzene rings is 3. The van der Waals surface area contributed by atoms with Gasteiger partial charge in [0, 0.05) is 28.9 Å². The summed E-state index contributed by atoms with van der Waals surface area (Å²) in [5.41, 5.74) is 6.52. The van der Waals surface area contributed by atoms with Gasteiger partial charge in [0.25, 0.3) is 0 Å². The summed E-state index contributed by atoms with van der Waals surface area (Å²) in [6.07, 6.45) is 3.88. The molecule has 2 heteroatoms. The predicted octanol–water partition coefficient (Wildman–Crippen LogP) is 4.47. The summed E-state index contributed by atoms with van der Waals surface area (Å²) in [6.45, 7) is 4.06. The number of fused-ring (bicyclic) bond motifs is 1. The van der Waals surface area contributed by atoms with E-state index >= 15 is 0 Å². The van der Waals surface area contributed by atoms with E-state index in [-0.39, 0.29) is 0 Å². The molecule has 0 aliphatic carbocycles. The molecule has 0 unspecified atom stereocenters. The van der Waals surface area contributed by atoms with Crippen LogP contribution in [0.25, 0.3) is 21.9 Å². The fraction of sp³-hybridized carbons (Fsp3) is 0.125. The Labute approximate surface area is 154 Å². The fourth-order valence-electron chi connectivity index (χ4n) is 3.41. The lowest BCUT2D eigenvalue weighted by Gasteiger charge is -2.11. The van der Waals surface area contributed by atoms with E-state index < -0.39 is 0 Å². The van der Waals surface area contributed by atoms with Crippen molar-refractivity contribution in [3.63, 3.8) is 0 Å². The second-order valence-corrected chi connectivity index (χ2v) is 6.74. The standard InChI is InChI=1S/C24H22N2/c1-18-7-9-19(10-8-18)15-26-16-21-11-12-22(20-5-3-2-4-6-20)23-13-14-25-17-24(21)23/h2-14,17,26H,15-16H2,1H3/p+1. The van der Waals surface area contributed by atoms with Crippen LogP contribution in [0.2, 0.25) is 0 Å². The van der Waals surface area contributed by atoms with Gasteiger partial charge in [-0.25, -0.2) is 0 Å². The van der Waals surface area contributed by atoms with Gasteiger partial charge in [0.15, 0.2) is 0 Å². The van der Waals surface area contributed by atoms with E-state index in [1.807, 2.05) is 12.4 Å². The molecule has 0 fully saturated rings. The molecular formula is C24H23N2+. The summed E-state index contributed by atoms with van der Waals surface area (Å²) in [5.74, 6) is 0. The number of quaternary nitrogens is 1. The molecule has 0 aliphatic heterocycles. The van der Waals surface area contributed by atoms with Gasteiger partial charge in [-0.3, -0.25) is 4.98 Å². The molecule has 1 aromatic heterocycles. The van der Waals surface area contributed by atoms with Crippen molar-refractivity contribution in [1.82, 2.24) is 4.98 Å². The highest BCUT2D eigenvalue weighted by Crippen LogP contribution is 2.29. The fourth-order valence-corrected chi connectivity index (χ4v) is 3.41. The largest absolute Gasteiger partial charge is 0.339 e. The molecule has 0 saturated carbocycles. The molecule has 0 aliphatic rings. The van der Waals surface area contributed by atoms with Crippen LogP contribution in [0.1, 0.15) is 16.7 Å². The molecule has 0 amide bonds. The molecule has 0 bridgehead atoms. The molecule has 3 aromatic carbocycles. The molecule has 2 N–H and O–H groups in total. The van der Waals surface area contributed by atoms with Gasteiger partial charge in [0.2, 0.25) is 0 Å². The topological polar surface area (TPSA) is 29.5 Å². The van der Waals surface area contributed by atoms with Crippen molar-refractivity contribution in [2.75, 3.05) is 0 Å². The smallest absolute Gasteiger partial charge is 0.102 e. The van der Waals surface area contributed by atoms with Gasteiger partial charge in [-0.15, -0.1) is 0 Å². The molecule has 0 radical (unpaired) electrons. The first-order valence-electron chi connectivity index (χ1n) is 9.09. The van der Waals surface area contributed by atoms with Crippen LogP contribution in [-0.4, -0.2) is 4.98 Å². The maximum atomic E-state index is 4.37. The lowest BCUT2D eigenvalue weighted by atomic mass is 9.96. The molecule has 4 rings (SSSR count). The van der Waals surface area contributed by atoms with Crippen molar-refractivity contribution in [2.24, 2.45) is 0 Å². The second kappa shape index (κ2) is 7.51. The third-order valence-electron chi connectivity index (χ3n) is 4.86. The van der Waals surface area contributed by atoms with Crippen LogP contribution in [0.5, 0.6) is 0 Å². The Kier molecular flexibility index (Phi) is 4.76. The van der Waals surface area contributed by atoms with Gasteiger partial charge in [-0.1, -0.05) is 72.3 Å². The van der Waals surface area contributed by atoms with Crippen molar-refractivity contribution in [3.8, 4) is 11.1 Å². The summed E-state index contributed by atoms with van der Waals surface area (Å²) in [7, 11) is 0. The molecule has 26 heavy (non-hydrogen) atoms. The van der Waals surface area contributed by atoms with Crippen molar-refractivity contribution in [1.29, 1.82) is 0 Å². The maximum absolute atomic E-state index is 4.37. The SMILES string of the molecule is Cc1ccc(C[NH2+]Cc2ccc(-c3ccccc3)c3ccncc23)cc1. The van der Waals surface area contributed by atoms with Crippen LogP contribution in [-0.2, 0) is 13.1 Å². The highest BCUT2D eigenvalue weighted by atomic mass is 14.8. The summed E-state index contributed by atoms with van der Waals surface area (Å²) in [5, 5.41) is 4.87. The van der Waals surface area contributed by atoms with Crippen LogP contribution in [0.3, 0.4) is 0 Å². The molecule has 4 aromatic rings. The number of hydrogen-bond donors (Lipinski definition) is 1. The van der Waals surface area contributed by atoms with Crippen molar-refractivity contribution >= 4 is 10.8 Å². The van der Waals surface area contributed by atoms with Crippen LogP contribution in [0.15, 0.2) is 85.2 Å². The average Bonchev–Trinajstić information content (AvgIpc) is 2.70. The summed E-state index contributed by atoms with van der Waals surface area (Å²) >= 11 is 0. The Morgan fingerprint density at radius 1 is 0.769 bits per heavy atom. The Morgan fingerprint density at radius 2 is 1.58 bits per heavy atom. The normalized spacial score (nSPS) is 11.0. The Hall–Kier alpha value is -2.97. The van der Waals surface area contributed by atoms with E-state index in [0.717, 1.165) is 13.1 Å². The first kappa shape index (κ1) is 16.5. The lowest BCUT2D eigenvalue weighted by molar-refractivity contribution is -0.686. The Bertz CT molecular complexity index is 1010. The minimum atomic E-state index is 0.950. The third kappa shape index (κ3) is 3.51. The van der Waals surface area contributed by atoms with Crippen molar-refractivity contribution in [3.05, 3.63) is 102 Å². The van der Waals surface area contributed by atoms with Crippen LogP contribution >= 0.6 is 0 Å². The Morgan fingerprint density at radius 3 is 2.38 bits per heavy atom. The van der Waals surface area contributed by atoms with Crippen molar-refractivity contribution in [2.45, 2.75) is 20.0 Å². The van der Waals surface area contributed by atoms with E-state index in [1.165, 1.54) is 38.6 Å². The van der Waals surface area contributed by atoms with E-state index in [4.69, 9.17) is 0 Å². The van der Waals surface area contributed by atoms with E-state index in [1.54, 1.807) is 0 Å². The Balaban J connectivity index is 1.59. The van der Waals surface area contributed by atoms with Crippen LogP contribution in [0.4, 0.5) is 0 Å². The highest BCUT2D eigenvalue weighted by Gasteiger charge is 2.09. The van der Waals surface area contributed by atoms with Gasteiger partial charge in [-0.05, 0) is 29.5 Å². The number of pyridine rings is 1. The molecule has 2 nitrogen and oxygen atoms in total. The minimum Gasteiger partial charge on any atom is -0.339 e. The number of nitrogens with zero attached hydrogens (tertiary/aromatic N) is 1. The number of aryl methyl sites for hydroxylation is 1. The zero-order valence-electron chi connectivity index (χ0n) is 15.0. The quantitative estimate of drug-likeness (QED) is 0.571. The predicted molar refractivity (Wildman–Crippen MR) is 108 cm³/mol. The van der Waals surface area contributed by atoms with Gasteiger partial charge < -0.3 is 5.32 Å². The molecule has 1 heterocycles. The van der Waals surface area contributed by atoms with Gasteiger partial charge in [0.1, 0.15) is 13.1 Å². The minimum absolute atomic E-state index is 0.950. The van der Waals surface area contributed by atoms with E-state index in [9.17, 15) is 0 Å². The number of nitrogens with two attached hydrogens (primary N) is 1. The zero-order chi connectivity index (χ0) is 17.8. The molecule has 0 spiro atoms. The second-order valence-electron chi connectivity index (χ2n) is 6.74. The first-order valence-corrected chi connectivity index (χ1v) is 9.09. The van der Waals surface area contributed by atoms with E-state index in [0.29, 0.717) is 0 Å². The third-order valence-corrected chi connectivity index (χ3v) is 4.86.